The van der Waals surface area contributed by atoms with Crippen LogP contribution < -0.4 is 10.6 Å². The Balaban J connectivity index is 1.56. The zero-order chi connectivity index (χ0) is 18.5. The van der Waals surface area contributed by atoms with Crippen molar-refractivity contribution in [3.63, 3.8) is 0 Å². The van der Waals surface area contributed by atoms with Crippen molar-refractivity contribution in [1.29, 1.82) is 0 Å². The Bertz CT molecular complexity index is 605. The molecule has 6 nitrogen and oxygen atoms in total. The number of nitrogens with zero attached hydrogens (tertiary/aromatic N) is 4. The van der Waals surface area contributed by atoms with Crippen LogP contribution in [0.1, 0.15) is 64.5 Å². The molecule has 2 aliphatic rings. The van der Waals surface area contributed by atoms with Gasteiger partial charge in [0, 0.05) is 32.1 Å². The third kappa shape index (κ3) is 4.77. The standard InChI is InChI=1S/C20H36N6/c1-5-21-20(23-18-8-6-7-17(11-18)14(2)3)22-12-16-9-10-19-25-24-15(4)26(19)13-16/h14,16-18H,5-13H2,1-4H3,(H2,21,22,23). The maximum Gasteiger partial charge on any atom is 0.191 e. The fourth-order valence-electron chi connectivity index (χ4n) is 4.38. The van der Waals surface area contributed by atoms with Crippen molar-refractivity contribution >= 4 is 5.96 Å². The number of guanidine groups is 1. The third-order valence-corrected chi connectivity index (χ3v) is 6.08. The van der Waals surface area contributed by atoms with Gasteiger partial charge < -0.3 is 15.2 Å². The summed E-state index contributed by atoms with van der Waals surface area (Å²) in [7, 11) is 0. The van der Waals surface area contributed by atoms with Gasteiger partial charge in [0.2, 0.25) is 0 Å². The van der Waals surface area contributed by atoms with Crippen molar-refractivity contribution in [2.75, 3.05) is 13.1 Å². The van der Waals surface area contributed by atoms with E-state index in [1.165, 1.54) is 25.7 Å². The van der Waals surface area contributed by atoms with Crippen LogP contribution in [0.15, 0.2) is 4.99 Å². The van der Waals surface area contributed by atoms with E-state index in [9.17, 15) is 0 Å². The van der Waals surface area contributed by atoms with Crippen LogP contribution in [-0.2, 0) is 13.0 Å². The molecule has 3 rings (SSSR count). The van der Waals surface area contributed by atoms with Gasteiger partial charge in [-0.2, -0.15) is 0 Å². The predicted molar refractivity (Wildman–Crippen MR) is 106 cm³/mol. The number of nitrogens with one attached hydrogen (secondary N) is 2. The van der Waals surface area contributed by atoms with E-state index in [2.05, 4.69) is 46.2 Å². The lowest BCUT2D eigenvalue weighted by Gasteiger charge is -2.33. The summed E-state index contributed by atoms with van der Waals surface area (Å²) in [4.78, 5) is 4.93. The van der Waals surface area contributed by atoms with Gasteiger partial charge in [-0.3, -0.25) is 4.99 Å². The second-order valence-corrected chi connectivity index (χ2v) is 8.41. The minimum absolute atomic E-state index is 0.562. The lowest BCUT2D eigenvalue weighted by atomic mass is 9.79. The maximum absolute atomic E-state index is 4.93. The Labute approximate surface area is 158 Å². The van der Waals surface area contributed by atoms with Crippen LogP contribution in [0.3, 0.4) is 0 Å². The van der Waals surface area contributed by atoms with Gasteiger partial charge in [-0.25, -0.2) is 0 Å². The topological polar surface area (TPSA) is 67.1 Å². The van der Waals surface area contributed by atoms with Gasteiger partial charge in [-0.05, 0) is 50.9 Å². The van der Waals surface area contributed by atoms with Crippen LogP contribution >= 0.6 is 0 Å². The average molecular weight is 361 g/mol. The van der Waals surface area contributed by atoms with E-state index in [0.29, 0.717) is 12.0 Å². The summed E-state index contributed by atoms with van der Waals surface area (Å²) in [6, 6.07) is 0.562. The smallest absolute Gasteiger partial charge is 0.191 e. The molecule has 26 heavy (non-hydrogen) atoms. The predicted octanol–water partition coefficient (Wildman–Crippen LogP) is 2.92. The fourth-order valence-corrected chi connectivity index (χ4v) is 4.38. The van der Waals surface area contributed by atoms with E-state index < -0.39 is 0 Å². The highest BCUT2D eigenvalue weighted by atomic mass is 15.3. The lowest BCUT2D eigenvalue weighted by molar-refractivity contribution is 0.244. The second-order valence-electron chi connectivity index (χ2n) is 8.41. The maximum atomic E-state index is 4.93. The van der Waals surface area contributed by atoms with Gasteiger partial charge in [-0.1, -0.05) is 26.7 Å². The molecular formula is C20H36N6. The van der Waals surface area contributed by atoms with Crippen LogP contribution in [0.2, 0.25) is 0 Å². The fraction of sp³-hybridized carbons (Fsp3) is 0.850. The molecule has 3 atom stereocenters. The van der Waals surface area contributed by atoms with Crippen molar-refractivity contribution < 1.29 is 0 Å². The molecule has 1 saturated carbocycles. The molecule has 0 spiro atoms. The first-order valence-electron chi connectivity index (χ1n) is 10.5. The van der Waals surface area contributed by atoms with Crippen molar-refractivity contribution in [2.45, 2.75) is 78.8 Å². The summed E-state index contributed by atoms with van der Waals surface area (Å²) in [5.41, 5.74) is 0. The van der Waals surface area contributed by atoms with Gasteiger partial charge in [-0.15, -0.1) is 10.2 Å². The SMILES string of the molecule is CCNC(=NCC1CCc2nnc(C)n2C1)NC1CCCC(C(C)C)C1. The van der Waals surface area contributed by atoms with Gasteiger partial charge in [0.05, 0.1) is 0 Å². The molecule has 2 heterocycles. The molecular weight excluding hydrogens is 324 g/mol. The van der Waals surface area contributed by atoms with E-state index in [-0.39, 0.29) is 0 Å². The minimum Gasteiger partial charge on any atom is -0.357 e. The zero-order valence-corrected chi connectivity index (χ0v) is 17.0. The number of aryl methyl sites for hydroxylation is 2. The first-order valence-corrected chi connectivity index (χ1v) is 10.5. The lowest BCUT2D eigenvalue weighted by Crippen LogP contribution is -2.46. The minimum atomic E-state index is 0.562. The van der Waals surface area contributed by atoms with Crippen molar-refractivity contribution in [3.8, 4) is 0 Å². The molecule has 0 bridgehead atoms. The molecule has 146 valence electrons. The van der Waals surface area contributed by atoms with E-state index in [1.807, 2.05) is 6.92 Å². The first kappa shape index (κ1) is 19.2. The molecule has 0 amide bonds. The van der Waals surface area contributed by atoms with E-state index in [1.54, 1.807) is 0 Å². The van der Waals surface area contributed by atoms with Gasteiger partial charge >= 0.3 is 0 Å². The molecule has 0 saturated heterocycles. The van der Waals surface area contributed by atoms with Crippen LogP contribution in [0.25, 0.3) is 0 Å². The number of hydrogen-bond donors (Lipinski definition) is 2. The molecule has 1 fully saturated rings. The van der Waals surface area contributed by atoms with Crippen LogP contribution in [-0.4, -0.2) is 39.9 Å². The summed E-state index contributed by atoms with van der Waals surface area (Å²) >= 11 is 0. The van der Waals surface area contributed by atoms with E-state index >= 15 is 0 Å². The highest BCUT2D eigenvalue weighted by Crippen LogP contribution is 2.29. The Morgan fingerprint density at radius 1 is 1.27 bits per heavy atom. The molecule has 1 aromatic heterocycles. The summed E-state index contributed by atoms with van der Waals surface area (Å²) in [5, 5.41) is 15.6. The van der Waals surface area contributed by atoms with Gasteiger partial charge in [0.25, 0.3) is 0 Å². The summed E-state index contributed by atoms with van der Waals surface area (Å²) < 4.78 is 2.26. The van der Waals surface area contributed by atoms with Crippen LogP contribution in [0.5, 0.6) is 0 Å². The van der Waals surface area contributed by atoms with Gasteiger partial charge in [0.15, 0.2) is 5.96 Å². The largest absolute Gasteiger partial charge is 0.357 e. The highest BCUT2D eigenvalue weighted by Gasteiger charge is 2.25. The zero-order valence-electron chi connectivity index (χ0n) is 17.0. The molecule has 1 aliphatic carbocycles. The number of aliphatic imine (C=N–C) groups is 1. The Morgan fingerprint density at radius 2 is 2.12 bits per heavy atom. The Kier molecular flexibility index (Phi) is 6.54. The number of aromatic nitrogens is 3. The molecule has 2 N–H and O–H groups in total. The second kappa shape index (κ2) is 8.87. The molecule has 6 heteroatoms. The highest BCUT2D eigenvalue weighted by molar-refractivity contribution is 5.80. The van der Waals surface area contributed by atoms with Crippen molar-refractivity contribution in [2.24, 2.45) is 22.7 Å². The molecule has 1 aromatic rings. The number of rotatable bonds is 5. The molecule has 0 aromatic carbocycles. The number of fused-ring (bicyclic) bond motifs is 1. The van der Waals surface area contributed by atoms with Crippen LogP contribution in [0.4, 0.5) is 0 Å². The summed E-state index contributed by atoms with van der Waals surface area (Å²) in [6.07, 6.45) is 7.42. The Hall–Kier alpha value is -1.59. The normalized spacial score (nSPS) is 26.7. The molecule has 1 aliphatic heterocycles. The summed E-state index contributed by atoms with van der Waals surface area (Å²) in [6.45, 7) is 11.7. The molecule has 3 unspecified atom stereocenters. The van der Waals surface area contributed by atoms with E-state index in [4.69, 9.17) is 4.99 Å². The van der Waals surface area contributed by atoms with Crippen molar-refractivity contribution in [1.82, 2.24) is 25.4 Å². The average Bonchev–Trinajstić information content (AvgIpc) is 3.01. The van der Waals surface area contributed by atoms with Gasteiger partial charge in [0.1, 0.15) is 11.6 Å². The number of hydrogen-bond acceptors (Lipinski definition) is 3. The van der Waals surface area contributed by atoms with E-state index in [0.717, 1.165) is 61.9 Å². The van der Waals surface area contributed by atoms with Crippen molar-refractivity contribution in [3.05, 3.63) is 11.6 Å². The molecule has 0 radical (unpaired) electrons. The van der Waals surface area contributed by atoms with Crippen LogP contribution in [0, 0.1) is 24.7 Å². The third-order valence-electron chi connectivity index (χ3n) is 6.08. The quantitative estimate of drug-likeness (QED) is 0.626. The summed E-state index contributed by atoms with van der Waals surface area (Å²) in [5.74, 6) is 5.35. The monoisotopic (exact) mass is 360 g/mol. The Morgan fingerprint density at radius 3 is 2.88 bits per heavy atom. The first-order chi connectivity index (χ1) is 12.6.